The Hall–Kier alpha value is -4.48. The number of hydrogen-bond donors (Lipinski definition) is 1. The number of hydrogen-bond acceptors (Lipinski definition) is 9. The van der Waals surface area contributed by atoms with Crippen molar-refractivity contribution in [3.8, 4) is 23.0 Å². The van der Waals surface area contributed by atoms with Gasteiger partial charge in [0.2, 0.25) is 11.8 Å². The number of likely N-dealkylation sites (tertiary alicyclic amines) is 2. The van der Waals surface area contributed by atoms with Crippen molar-refractivity contribution >= 4 is 23.8 Å². The summed E-state index contributed by atoms with van der Waals surface area (Å²) in [4.78, 5) is 50.6. The predicted molar refractivity (Wildman–Crippen MR) is 155 cm³/mol. The quantitative estimate of drug-likeness (QED) is 0.405. The van der Waals surface area contributed by atoms with Gasteiger partial charge in [-0.05, 0) is 24.3 Å². The fourth-order valence-corrected chi connectivity index (χ4v) is 5.27. The lowest BCUT2D eigenvalue weighted by Gasteiger charge is -2.18. The van der Waals surface area contributed by atoms with E-state index in [2.05, 4.69) is 0 Å². The third-order valence-electron chi connectivity index (χ3n) is 7.98. The Bertz CT molecular complexity index is 1330. The number of amides is 2. The number of methoxy groups -OCH3 is 5. The van der Waals surface area contributed by atoms with Crippen LogP contribution in [-0.2, 0) is 37.0 Å². The molecule has 2 aliphatic heterocycles. The second-order valence-corrected chi connectivity index (χ2v) is 10.4. The molecule has 234 valence electrons. The minimum atomic E-state index is -0.931. The molecule has 2 fully saturated rings. The van der Waals surface area contributed by atoms with Crippen LogP contribution in [0, 0.1) is 23.7 Å². The summed E-state index contributed by atoms with van der Waals surface area (Å²) >= 11 is 0. The summed E-state index contributed by atoms with van der Waals surface area (Å²) in [5.74, 6) is -0.755. The highest BCUT2D eigenvalue weighted by Gasteiger charge is 2.43. The van der Waals surface area contributed by atoms with Crippen molar-refractivity contribution in [1.82, 2.24) is 9.80 Å². The van der Waals surface area contributed by atoms with Gasteiger partial charge in [0.05, 0.1) is 59.2 Å². The molecular formula is C31H40N2O10. The van der Waals surface area contributed by atoms with Crippen LogP contribution >= 0.6 is 0 Å². The van der Waals surface area contributed by atoms with E-state index in [9.17, 15) is 19.2 Å². The smallest absolute Gasteiger partial charge is 0.311 e. The first-order chi connectivity index (χ1) is 20.5. The molecule has 0 radical (unpaired) electrons. The minimum Gasteiger partial charge on any atom is -0.497 e. The molecule has 0 aromatic heterocycles. The Morgan fingerprint density at radius 2 is 1.14 bits per heavy atom. The lowest BCUT2D eigenvalue weighted by atomic mass is 9.98. The molecule has 0 spiro atoms. The summed E-state index contributed by atoms with van der Waals surface area (Å²) in [7, 11) is 7.62. The van der Waals surface area contributed by atoms with E-state index in [1.807, 2.05) is 18.2 Å². The second-order valence-electron chi connectivity index (χ2n) is 10.4. The number of carbonyl (C=O) groups is 4. The molecule has 2 aromatic rings. The molecule has 1 N–H and O–H groups in total. The summed E-state index contributed by atoms with van der Waals surface area (Å²) < 4.78 is 25.7. The molecule has 0 saturated carbocycles. The van der Waals surface area contributed by atoms with Crippen molar-refractivity contribution in [2.24, 2.45) is 23.7 Å². The molecule has 2 saturated heterocycles. The number of nitrogens with zero attached hydrogens (tertiary/aromatic N) is 2. The molecule has 4 atom stereocenters. The van der Waals surface area contributed by atoms with Crippen LogP contribution in [0.2, 0.25) is 0 Å². The third kappa shape index (κ3) is 7.49. The number of rotatable bonds is 10. The number of esters is 1. The average Bonchev–Trinajstić information content (AvgIpc) is 3.46. The molecule has 4 rings (SSSR count). The van der Waals surface area contributed by atoms with E-state index in [1.165, 1.54) is 7.11 Å². The summed E-state index contributed by atoms with van der Waals surface area (Å²) in [6.07, 6.45) is 0. The van der Waals surface area contributed by atoms with Gasteiger partial charge in [-0.3, -0.25) is 19.2 Å². The van der Waals surface area contributed by atoms with E-state index >= 15 is 0 Å². The van der Waals surface area contributed by atoms with Crippen molar-refractivity contribution in [2.75, 3.05) is 48.6 Å². The zero-order valence-corrected chi connectivity index (χ0v) is 25.6. The first-order valence-electron chi connectivity index (χ1n) is 13.8. The van der Waals surface area contributed by atoms with Crippen LogP contribution in [-0.4, -0.2) is 87.3 Å². The van der Waals surface area contributed by atoms with Crippen LogP contribution in [0.25, 0.3) is 0 Å². The zero-order valence-electron chi connectivity index (χ0n) is 25.6. The molecule has 2 heterocycles. The summed E-state index contributed by atoms with van der Waals surface area (Å²) in [6.45, 7) is 4.73. The number of carboxylic acid groups (broad SMARTS) is 1. The van der Waals surface area contributed by atoms with Gasteiger partial charge in [0.25, 0.3) is 0 Å². The molecule has 43 heavy (non-hydrogen) atoms. The molecule has 12 nitrogen and oxygen atoms in total. The monoisotopic (exact) mass is 600 g/mol. The van der Waals surface area contributed by atoms with Gasteiger partial charge in [-0.25, -0.2) is 0 Å². The van der Waals surface area contributed by atoms with Crippen LogP contribution < -0.4 is 18.9 Å². The Morgan fingerprint density at radius 3 is 1.49 bits per heavy atom. The van der Waals surface area contributed by atoms with Gasteiger partial charge in [0.1, 0.15) is 23.0 Å². The third-order valence-corrected chi connectivity index (χ3v) is 7.98. The van der Waals surface area contributed by atoms with Crippen molar-refractivity contribution in [3.63, 3.8) is 0 Å². The Balaban J connectivity index is 0.000000236. The standard InChI is InChI=1S/C16H21NO5.C15H19NO5/c1-10-13(16(19)22-4)9-17(15(10)18)8-11-5-6-12(20-2)7-14(11)21-3;1-9-12(15(18)19)8-16(14(9)17)7-10-4-5-11(20-2)6-13(10)21-3/h5-7,10,13H,8-9H2,1-4H3;4-6,9,12H,7-8H2,1-3H3,(H,18,19). The maximum Gasteiger partial charge on any atom is 0.311 e. The molecule has 4 unspecified atom stereocenters. The highest BCUT2D eigenvalue weighted by Crippen LogP contribution is 2.32. The second kappa shape index (κ2) is 14.6. The first-order valence-corrected chi connectivity index (χ1v) is 13.8. The Labute approximate surface area is 251 Å². The Morgan fingerprint density at radius 1 is 0.721 bits per heavy atom. The predicted octanol–water partition coefficient (Wildman–Crippen LogP) is 2.85. The number of ether oxygens (including phenoxy) is 5. The molecular weight excluding hydrogens is 560 g/mol. The Kier molecular flexibility index (Phi) is 11.2. The van der Waals surface area contributed by atoms with Crippen LogP contribution in [0.5, 0.6) is 23.0 Å². The highest BCUT2D eigenvalue weighted by atomic mass is 16.5. The number of benzene rings is 2. The van der Waals surface area contributed by atoms with Crippen LogP contribution in [0.1, 0.15) is 25.0 Å². The summed E-state index contributed by atoms with van der Waals surface area (Å²) in [6, 6.07) is 10.8. The van der Waals surface area contributed by atoms with E-state index < -0.39 is 23.7 Å². The van der Waals surface area contributed by atoms with Crippen LogP contribution in [0.3, 0.4) is 0 Å². The summed E-state index contributed by atoms with van der Waals surface area (Å²) in [5, 5.41) is 9.13. The normalized spacial score (nSPS) is 21.2. The number of carboxylic acids is 1. The zero-order chi connectivity index (χ0) is 31.8. The number of aliphatic carboxylic acids is 1. The van der Waals surface area contributed by atoms with Crippen molar-refractivity contribution in [3.05, 3.63) is 47.5 Å². The summed E-state index contributed by atoms with van der Waals surface area (Å²) in [5.41, 5.74) is 1.69. The lowest BCUT2D eigenvalue weighted by molar-refractivity contribution is -0.147. The molecule has 2 aromatic carbocycles. The molecule has 2 aliphatic rings. The average molecular weight is 601 g/mol. The highest BCUT2D eigenvalue weighted by molar-refractivity contribution is 5.89. The van der Waals surface area contributed by atoms with Gasteiger partial charge in [-0.15, -0.1) is 0 Å². The van der Waals surface area contributed by atoms with Crippen molar-refractivity contribution in [1.29, 1.82) is 0 Å². The fourth-order valence-electron chi connectivity index (χ4n) is 5.27. The fraction of sp³-hybridized carbons (Fsp3) is 0.484. The van der Waals surface area contributed by atoms with Crippen molar-refractivity contribution < 1.29 is 48.0 Å². The molecule has 2 amide bonds. The van der Waals surface area contributed by atoms with Crippen LogP contribution in [0.15, 0.2) is 36.4 Å². The van der Waals surface area contributed by atoms with E-state index in [0.29, 0.717) is 42.6 Å². The largest absolute Gasteiger partial charge is 0.497 e. The van der Waals surface area contributed by atoms with Gasteiger partial charge in [-0.1, -0.05) is 13.8 Å². The van der Waals surface area contributed by atoms with E-state index in [4.69, 9.17) is 28.8 Å². The van der Waals surface area contributed by atoms with E-state index in [1.54, 1.807) is 70.3 Å². The molecule has 0 aliphatic carbocycles. The van der Waals surface area contributed by atoms with Gasteiger partial charge in [0, 0.05) is 49.4 Å². The maximum atomic E-state index is 12.3. The van der Waals surface area contributed by atoms with E-state index in [0.717, 1.165) is 11.1 Å². The van der Waals surface area contributed by atoms with Gasteiger partial charge in [0.15, 0.2) is 0 Å². The molecule has 12 heteroatoms. The van der Waals surface area contributed by atoms with Gasteiger partial charge in [-0.2, -0.15) is 0 Å². The SMILES string of the molecule is COC(=O)C1CN(Cc2ccc(OC)cc2OC)C(=O)C1C.COc1ccc(CN2CC(C(=O)O)C(C)C2=O)c(OC)c1. The van der Waals surface area contributed by atoms with Crippen molar-refractivity contribution in [2.45, 2.75) is 26.9 Å². The molecule has 0 bridgehead atoms. The van der Waals surface area contributed by atoms with Gasteiger partial charge >= 0.3 is 11.9 Å². The topological polar surface area (TPSA) is 141 Å². The maximum absolute atomic E-state index is 12.3. The van der Waals surface area contributed by atoms with E-state index in [-0.39, 0.29) is 30.2 Å². The lowest BCUT2D eigenvalue weighted by Crippen LogP contribution is -2.26. The minimum absolute atomic E-state index is 0.0479. The first kappa shape index (κ1) is 33.0. The van der Waals surface area contributed by atoms with Crippen LogP contribution in [0.4, 0.5) is 0 Å². The van der Waals surface area contributed by atoms with Gasteiger partial charge < -0.3 is 38.6 Å². The number of carbonyl (C=O) groups excluding carboxylic acids is 3.